The Kier molecular flexibility index (Phi) is 5.32. The standard InChI is InChI=1S/C15H24N4O/c1-3-9-16-14-6-5-13(17-18-14)15(20)19-10-7-12(4-2)8-11-19/h5-6,12H,3-4,7-11H2,1-2H3,(H,16,18). The molecule has 0 radical (unpaired) electrons. The molecule has 1 aliphatic heterocycles. The fourth-order valence-electron chi connectivity index (χ4n) is 2.50. The minimum absolute atomic E-state index is 0.00842. The van der Waals surface area contributed by atoms with Crippen molar-refractivity contribution >= 4 is 11.7 Å². The highest BCUT2D eigenvalue weighted by Gasteiger charge is 2.23. The molecule has 1 fully saturated rings. The minimum Gasteiger partial charge on any atom is -0.369 e. The molecule has 0 bridgehead atoms. The number of hydrogen-bond donors (Lipinski definition) is 1. The fourth-order valence-corrected chi connectivity index (χ4v) is 2.50. The van der Waals surface area contributed by atoms with Gasteiger partial charge in [0.1, 0.15) is 5.82 Å². The fraction of sp³-hybridized carbons (Fsp3) is 0.667. The van der Waals surface area contributed by atoms with Gasteiger partial charge in [0, 0.05) is 19.6 Å². The third kappa shape index (κ3) is 3.68. The third-order valence-electron chi connectivity index (χ3n) is 3.92. The molecule has 20 heavy (non-hydrogen) atoms. The summed E-state index contributed by atoms with van der Waals surface area (Å²) < 4.78 is 0. The number of nitrogens with one attached hydrogen (secondary N) is 1. The van der Waals surface area contributed by atoms with Crippen LogP contribution in [-0.2, 0) is 0 Å². The Balaban J connectivity index is 1.92. The van der Waals surface area contributed by atoms with Gasteiger partial charge >= 0.3 is 0 Å². The lowest BCUT2D eigenvalue weighted by Gasteiger charge is -2.31. The van der Waals surface area contributed by atoms with E-state index in [-0.39, 0.29) is 5.91 Å². The highest BCUT2D eigenvalue weighted by atomic mass is 16.2. The van der Waals surface area contributed by atoms with Gasteiger partial charge in [0.05, 0.1) is 0 Å². The van der Waals surface area contributed by atoms with E-state index in [9.17, 15) is 4.79 Å². The number of anilines is 1. The van der Waals surface area contributed by atoms with Gasteiger partial charge in [-0.1, -0.05) is 20.3 Å². The number of likely N-dealkylation sites (tertiary alicyclic amines) is 1. The van der Waals surface area contributed by atoms with Gasteiger partial charge in [-0.25, -0.2) is 0 Å². The topological polar surface area (TPSA) is 58.1 Å². The molecule has 1 aromatic rings. The van der Waals surface area contributed by atoms with Crippen LogP contribution in [0.1, 0.15) is 50.0 Å². The van der Waals surface area contributed by atoms with Crippen molar-refractivity contribution < 1.29 is 4.79 Å². The van der Waals surface area contributed by atoms with Gasteiger partial charge in [-0.15, -0.1) is 10.2 Å². The Morgan fingerprint density at radius 3 is 2.60 bits per heavy atom. The largest absolute Gasteiger partial charge is 0.369 e. The SMILES string of the molecule is CCCNc1ccc(C(=O)N2CCC(CC)CC2)nn1. The second-order valence-electron chi connectivity index (χ2n) is 5.37. The maximum atomic E-state index is 12.3. The number of rotatable bonds is 5. The van der Waals surface area contributed by atoms with Crippen LogP contribution in [0.4, 0.5) is 5.82 Å². The summed E-state index contributed by atoms with van der Waals surface area (Å²) in [5.41, 5.74) is 0.446. The molecule has 1 aliphatic rings. The number of piperidine rings is 1. The average molecular weight is 276 g/mol. The van der Waals surface area contributed by atoms with Gasteiger partial charge in [0.15, 0.2) is 5.69 Å². The quantitative estimate of drug-likeness (QED) is 0.898. The van der Waals surface area contributed by atoms with E-state index in [1.54, 1.807) is 6.07 Å². The smallest absolute Gasteiger partial charge is 0.274 e. The molecule has 1 aromatic heterocycles. The zero-order chi connectivity index (χ0) is 14.4. The maximum Gasteiger partial charge on any atom is 0.274 e. The summed E-state index contributed by atoms with van der Waals surface area (Å²) >= 11 is 0. The van der Waals surface area contributed by atoms with Gasteiger partial charge in [0.2, 0.25) is 0 Å². The molecule has 5 nitrogen and oxygen atoms in total. The number of aromatic nitrogens is 2. The van der Waals surface area contributed by atoms with E-state index in [1.807, 2.05) is 11.0 Å². The Bertz CT molecular complexity index is 424. The summed E-state index contributed by atoms with van der Waals surface area (Å²) in [7, 11) is 0. The van der Waals surface area contributed by atoms with E-state index in [0.29, 0.717) is 5.69 Å². The number of amides is 1. The van der Waals surface area contributed by atoms with Crippen LogP contribution >= 0.6 is 0 Å². The van der Waals surface area contributed by atoms with Crippen molar-refractivity contribution in [3.05, 3.63) is 17.8 Å². The molecule has 1 N–H and O–H groups in total. The molecule has 0 atom stereocenters. The third-order valence-corrected chi connectivity index (χ3v) is 3.92. The van der Waals surface area contributed by atoms with Crippen molar-refractivity contribution in [1.82, 2.24) is 15.1 Å². The summed E-state index contributed by atoms with van der Waals surface area (Å²) in [6, 6.07) is 3.59. The van der Waals surface area contributed by atoms with Crippen molar-refractivity contribution in [2.45, 2.75) is 39.5 Å². The van der Waals surface area contributed by atoms with E-state index in [2.05, 4.69) is 29.4 Å². The van der Waals surface area contributed by atoms with Crippen LogP contribution in [0.3, 0.4) is 0 Å². The molecule has 2 rings (SSSR count). The van der Waals surface area contributed by atoms with Crippen molar-refractivity contribution in [3.8, 4) is 0 Å². The maximum absolute atomic E-state index is 12.3. The van der Waals surface area contributed by atoms with E-state index in [0.717, 1.165) is 50.6 Å². The van der Waals surface area contributed by atoms with Crippen LogP contribution < -0.4 is 5.32 Å². The molecular formula is C15H24N4O. The molecule has 5 heteroatoms. The van der Waals surface area contributed by atoms with E-state index < -0.39 is 0 Å². The molecule has 1 amide bonds. The summed E-state index contributed by atoms with van der Waals surface area (Å²) in [5.74, 6) is 1.51. The molecule has 0 aliphatic carbocycles. The monoisotopic (exact) mass is 276 g/mol. The van der Waals surface area contributed by atoms with E-state index in [1.165, 1.54) is 6.42 Å². The minimum atomic E-state index is 0.00842. The van der Waals surface area contributed by atoms with Crippen molar-refractivity contribution in [1.29, 1.82) is 0 Å². The molecular weight excluding hydrogens is 252 g/mol. The Hall–Kier alpha value is -1.65. The highest BCUT2D eigenvalue weighted by Crippen LogP contribution is 2.21. The van der Waals surface area contributed by atoms with Crippen molar-refractivity contribution in [2.24, 2.45) is 5.92 Å². The first-order valence-electron chi connectivity index (χ1n) is 7.61. The molecule has 2 heterocycles. The first kappa shape index (κ1) is 14.8. The van der Waals surface area contributed by atoms with Crippen molar-refractivity contribution in [2.75, 3.05) is 25.0 Å². The van der Waals surface area contributed by atoms with Crippen LogP contribution in [0.25, 0.3) is 0 Å². The Morgan fingerprint density at radius 2 is 2.05 bits per heavy atom. The lowest BCUT2D eigenvalue weighted by molar-refractivity contribution is 0.0681. The Morgan fingerprint density at radius 1 is 1.30 bits per heavy atom. The number of hydrogen-bond acceptors (Lipinski definition) is 4. The van der Waals surface area contributed by atoms with Gasteiger partial charge in [-0.2, -0.15) is 0 Å². The van der Waals surface area contributed by atoms with Gasteiger partial charge in [-0.3, -0.25) is 4.79 Å². The number of nitrogens with zero attached hydrogens (tertiary/aromatic N) is 3. The molecule has 110 valence electrons. The molecule has 0 aromatic carbocycles. The molecule has 0 unspecified atom stereocenters. The second-order valence-corrected chi connectivity index (χ2v) is 5.37. The Labute approximate surface area is 120 Å². The summed E-state index contributed by atoms with van der Waals surface area (Å²) in [4.78, 5) is 14.2. The first-order chi connectivity index (χ1) is 9.74. The lowest BCUT2D eigenvalue weighted by Crippen LogP contribution is -2.38. The van der Waals surface area contributed by atoms with Crippen LogP contribution in [0.15, 0.2) is 12.1 Å². The predicted octanol–water partition coefficient (Wildman–Crippen LogP) is 2.56. The van der Waals surface area contributed by atoms with Gasteiger partial charge in [0.25, 0.3) is 5.91 Å². The van der Waals surface area contributed by atoms with E-state index in [4.69, 9.17) is 0 Å². The van der Waals surface area contributed by atoms with Gasteiger partial charge < -0.3 is 10.2 Å². The average Bonchev–Trinajstić information content (AvgIpc) is 2.53. The molecule has 0 spiro atoms. The van der Waals surface area contributed by atoms with Crippen molar-refractivity contribution in [3.63, 3.8) is 0 Å². The molecule has 0 saturated carbocycles. The normalized spacial score (nSPS) is 16.2. The second kappa shape index (κ2) is 7.22. The number of carbonyl (C=O) groups excluding carboxylic acids is 1. The zero-order valence-corrected chi connectivity index (χ0v) is 12.4. The van der Waals surface area contributed by atoms with Crippen LogP contribution in [0, 0.1) is 5.92 Å². The molecule has 1 saturated heterocycles. The van der Waals surface area contributed by atoms with Gasteiger partial charge in [-0.05, 0) is 37.3 Å². The van der Waals surface area contributed by atoms with Crippen LogP contribution in [0.2, 0.25) is 0 Å². The zero-order valence-electron chi connectivity index (χ0n) is 12.4. The predicted molar refractivity (Wildman–Crippen MR) is 79.7 cm³/mol. The summed E-state index contributed by atoms with van der Waals surface area (Å²) in [5, 5.41) is 11.3. The first-order valence-corrected chi connectivity index (χ1v) is 7.61. The van der Waals surface area contributed by atoms with Crippen LogP contribution in [-0.4, -0.2) is 40.6 Å². The number of carbonyl (C=O) groups is 1. The van der Waals surface area contributed by atoms with E-state index >= 15 is 0 Å². The lowest BCUT2D eigenvalue weighted by atomic mass is 9.94. The van der Waals surface area contributed by atoms with Crippen LogP contribution in [0.5, 0.6) is 0 Å². The highest BCUT2D eigenvalue weighted by molar-refractivity contribution is 5.92. The summed E-state index contributed by atoms with van der Waals surface area (Å²) in [6.07, 6.45) is 4.45. The summed E-state index contributed by atoms with van der Waals surface area (Å²) in [6.45, 7) is 6.87.